The first kappa shape index (κ1) is 16.5. The van der Waals surface area contributed by atoms with Crippen LogP contribution in [0.15, 0.2) is 46.7 Å². The van der Waals surface area contributed by atoms with Crippen molar-refractivity contribution < 1.29 is 13.2 Å². The molecule has 0 aliphatic rings. The standard InChI is InChI=1S/C16H17N3O3S2/c1-3-22-13-6-4-12(5-7-13)19-24(20,21)16-9-8-15(23-16)14-10-11(2)17-18-14/h4-10,19H,3H2,1-2H3,(H,17,18). The molecule has 0 saturated carbocycles. The lowest BCUT2D eigenvalue weighted by molar-refractivity contribution is 0.340. The van der Waals surface area contributed by atoms with Gasteiger partial charge in [-0.2, -0.15) is 5.10 Å². The van der Waals surface area contributed by atoms with Gasteiger partial charge < -0.3 is 4.74 Å². The summed E-state index contributed by atoms with van der Waals surface area (Å²) in [4.78, 5) is 0.798. The maximum Gasteiger partial charge on any atom is 0.271 e. The molecule has 0 saturated heterocycles. The van der Waals surface area contributed by atoms with Crippen LogP contribution in [0.3, 0.4) is 0 Å². The second-order valence-electron chi connectivity index (χ2n) is 5.12. The summed E-state index contributed by atoms with van der Waals surface area (Å²) in [6.45, 7) is 4.36. The normalized spacial score (nSPS) is 11.4. The molecule has 0 aliphatic heterocycles. The van der Waals surface area contributed by atoms with Crippen molar-refractivity contribution in [3.05, 3.63) is 48.2 Å². The van der Waals surface area contributed by atoms with Crippen LogP contribution in [0.2, 0.25) is 0 Å². The largest absolute Gasteiger partial charge is 0.494 e. The summed E-state index contributed by atoms with van der Waals surface area (Å²) in [5, 5.41) is 7.00. The van der Waals surface area contributed by atoms with Crippen molar-refractivity contribution in [2.24, 2.45) is 0 Å². The highest BCUT2D eigenvalue weighted by atomic mass is 32.2. The lowest BCUT2D eigenvalue weighted by Gasteiger charge is -2.07. The predicted octanol–water partition coefficient (Wildman–Crippen LogP) is 3.65. The second-order valence-corrected chi connectivity index (χ2v) is 8.11. The van der Waals surface area contributed by atoms with Gasteiger partial charge in [0, 0.05) is 11.4 Å². The molecular weight excluding hydrogens is 346 g/mol. The van der Waals surface area contributed by atoms with E-state index in [-0.39, 0.29) is 4.21 Å². The number of anilines is 1. The average molecular weight is 363 g/mol. The number of aryl methyl sites for hydroxylation is 1. The quantitative estimate of drug-likeness (QED) is 0.700. The fourth-order valence-corrected chi connectivity index (χ4v) is 4.46. The fraction of sp³-hybridized carbons (Fsp3) is 0.188. The number of benzene rings is 1. The molecule has 0 fully saturated rings. The third kappa shape index (κ3) is 3.60. The molecule has 0 spiro atoms. The van der Waals surface area contributed by atoms with Crippen LogP contribution in [-0.2, 0) is 10.0 Å². The number of rotatable bonds is 6. The molecule has 0 bridgehead atoms. The van der Waals surface area contributed by atoms with Crippen LogP contribution in [-0.4, -0.2) is 25.2 Å². The summed E-state index contributed by atoms with van der Waals surface area (Å²) in [7, 11) is -3.63. The number of hydrogen-bond acceptors (Lipinski definition) is 5. The molecule has 0 radical (unpaired) electrons. The molecule has 8 heteroatoms. The van der Waals surface area contributed by atoms with E-state index < -0.39 is 10.0 Å². The Morgan fingerprint density at radius 3 is 2.58 bits per heavy atom. The first-order chi connectivity index (χ1) is 11.5. The third-order valence-electron chi connectivity index (χ3n) is 3.22. The van der Waals surface area contributed by atoms with E-state index in [9.17, 15) is 8.42 Å². The van der Waals surface area contributed by atoms with E-state index in [0.717, 1.165) is 16.3 Å². The van der Waals surface area contributed by atoms with Crippen molar-refractivity contribution in [1.82, 2.24) is 10.2 Å². The molecule has 0 unspecified atom stereocenters. The second kappa shape index (κ2) is 6.66. The van der Waals surface area contributed by atoms with Crippen LogP contribution < -0.4 is 9.46 Å². The molecule has 0 atom stereocenters. The fourth-order valence-electron chi connectivity index (χ4n) is 2.14. The summed E-state index contributed by atoms with van der Waals surface area (Å²) in [5.74, 6) is 0.702. The van der Waals surface area contributed by atoms with E-state index in [0.29, 0.717) is 18.0 Å². The first-order valence-electron chi connectivity index (χ1n) is 7.36. The number of aromatic amines is 1. The average Bonchev–Trinajstić information content (AvgIpc) is 3.18. The number of nitrogens with one attached hydrogen (secondary N) is 2. The molecule has 3 rings (SSSR count). The minimum absolute atomic E-state index is 0.243. The zero-order valence-electron chi connectivity index (χ0n) is 13.2. The van der Waals surface area contributed by atoms with Gasteiger partial charge in [0.05, 0.1) is 11.5 Å². The molecule has 24 heavy (non-hydrogen) atoms. The lowest BCUT2D eigenvalue weighted by Crippen LogP contribution is -2.11. The van der Waals surface area contributed by atoms with E-state index in [1.807, 2.05) is 19.9 Å². The molecule has 0 amide bonds. The van der Waals surface area contributed by atoms with Gasteiger partial charge in [-0.05, 0) is 56.3 Å². The molecule has 2 heterocycles. The van der Waals surface area contributed by atoms with Crippen molar-refractivity contribution in [2.45, 2.75) is 18.1 Å². The summed E-state index contributed by atoms with van der Waals surface area (Å²) in [5.41, 5.74) is 2.15. The van der Waals surface area contributed by atoms with Crippen LogP contribution in [0.1, 0.15) is 12.6 Å². The van der Waals surface area contributed by atoms with Crippen molar-refractivity contribution in [3.63, 3.8) is 0 Å². The van der Waals surface area contributed by atoms with Crippen LogP contribution in [0.4, 0.5) is 5.69 Å². The smallest absolute Gasteiger partial charge is 0.271 e. The minimum atomic E-state index is -3.63. The summed E-state index contributed by atoms with van der Waals surface area (Å²) in [6.07, 6.45) is 0. The number of thiophene rings is 1. The zero-order valence-corrected chi connectivity index (χ0v) is 14.9. The Bertz CT molecular complexity index is 928. The number of ether oxygens (including phenoxy) is 1. The number of nitrogens with zero attached hydrogens (tertiary/aromatic N) is 1. The molecular formula is C16H17N3O3S2. The van der Waals surface area contributed by atoms with E-state index in [1.165, 1.54) is 11.3 Å². The van der Waals surface area contributed by atoms with Crippen molar-refractivity contribution in [3.8, 4) is 16.3 Å². The van der Waals surface area contributed by atoms with Gasteiger partial charge in [-0.25, -0.2) is 8.42 Å². The molecule has 2 aromatic heterocycles. The SMILES string of the molecule is CCOc1ccc(NS(=O)(=O)c2ccc(-c3cc(C)[nH]n3)s2)cc1. The number of H-pyrrole nitrogens is 1. The van der Waals surface area contributed by atoms with E-state index in [2.05, 4.69) is 14.9 Å². The predicted molar refractivity (Wildman–Crippen MR) is 95.1 cm³/mol. The lowest BCUT2D eigenvalue weighted by atomic mass is 10.3. The highest BCUT2D eigenvalue weighted by Crippen LogP contribution is 2.31. The van der Waals surface area contributed by atoms with Crippen LogP contribution >= 0.6 is 11.3 Å². The zero-order chi connectivity index (χ0) is 17.2. The van der Waals surface area contributed by atoms with Crippen LogP contribution in [0.25, 0.3) is 10.6 Å². The van der Waals surface area contributed by atoms with Crippen molar-refractivity contribution in [2.75, 3.05) is 11.3 Å². The Balaban J connectivity index is 1.79. The number of sulfonamides is 1. The maximum atomic E-state index is 12.5. The Labute approximate surface area is 144 Å². The Hall–Kier alpha value is -2.32. The van der Waals surface area contributed by atoms with Crippen molar-refractivity contribution in [1.29, 1.82) is 0 Å². The summed E-state index contributed by atoms with van der Waals surface area (Å²) in [6, 6.07) is 12.0. The topological polar surface area (TPSA) is 84.1 Å². The van der Waals surface area contributed by atoms with E-state index in [4.69, 9.17) is 4.74 Å². The van der Waals surface area contributed by atoms with Gasteiger partial charge in [0.1, 0.15) is 15.7 Å². The Morgan fingerprint density at radius 2 is 1.96 bits per heavy atom. The van der Waals surface area contributed by atoms with Gasteiger partial charge in [-0.15, -0.1) is 11.3 Å². The Kier molecular flexibility index (Phi) is 4.59. The highest BCUT2D eigenvalue weighted by molar-refractivity contribution is 7.94. The van der Waals surface area contributed by atoms with Gasteiger partial charge in [-0.1, -0.05) is 0 Å². The third-order valence-corrected chi connectivity index (χ3v) is 6.20. The maximum absolute atomic E-state index is 12.5. The first-order valence-corrected chi connectivity index (χ1v) is 9.66. The van der Waals surface area contributed by atoms with Gasteiger partial charge >= 0.3 is 0 Å². The highest BCUT2D eigenvalue weighted by Gasteiger charge is 2.18. The molecule has 0 aliphatic carbocycles. The summed E-state index contributed by atoms with van der Waals surface area (Å²) >= 11 is 1.18. The molecule has 1 aromatic carbocycles. The monoisotopic (exact) mass is 363 g/mol. The molecule has 3 aromatic rings. The van der Waals surface area contributed by atoms with Gasteiger partial charge in [-0.3, -0.25) is 9.82 Å². The van der Waals surface area contributed by atoms with Crippen LogP contribution in [0, 0.1) is 6.92 Å². The van der Waals surface area contributed by atoms with E-state index in [1.54, 1.807) is 36.4 Å². The summed E-state index contributed by atoms with van der Waals surface area (Å²) < 4.78 is 33.2. The number of aromatic nitrogens is 2. The Morgan fingerprint density at radius 1 is 1.21 bits per heavy atom. The minimum Gasteiger partial charge on any atom is -0.494 e. The van der Waals surface area contributed by atoms with Gasteiger partial charge in [0.25, 0.3) is 10.0 Å². The van der Waals surface area contributed by atoms with Crippen LogP contribution in [0.5, 0.6) is 5.75 Å². The number of hydrogen-bond donors (Lipinski definition) is 2. The van der Waals surface area contributed by atoms with Crippen molar-refractivity contribution >= 4 is 27.0 Å². The molecule has 126 valence electrons. The van der Waals surface area contributed by atoms with E-state index >= 15 is 0 Å². The molecule has 6 nitrogen and oxygen atoms in total. The van der Waals surface area contributed by atoms with Gasteiger partial charge in [0.15, 0.2) is 0 Å². The molecule has 2 N–H and O–H groups in total. The van der Waals surface area contributed by atoms with Gasteiger partial charge in [0.2, 0.25) is 0 Å².